The minimum Gasteiger partial charge on any atom is -0.490 e. The molecule has 2 amide bonds. The molecule has 7 nitrogen and oxygen atoms in total. The standard InChI is InChI=1S/C30H29N3O4/c34-29(33-26-15-17-28(18-16-26)37-20-19-36-27-9-5-2-6-10-27)22-31-25-13-11-24(12-14-25)30(35)32-21-23-7-3-1-4-8-23/h1-18,31H,19-22H2,(H,32,35)(H,33,34). The second-order valence-electron chi connectivity index (χ2n) is 8.18. The molecule has 4 aromatic carbocycles. The molecule has 37 heavy (non-hydrogen) atoms. The Bertz CT molecular complexity index is 1260. The zero-order chi connectivity index (χ0) is 25.7. The number of nitrogens with one attached hydrogen (secondary N) is 3. The van der Waals surface area contributed by atoms with Gasteiger partial charge in [0, 0.05) is 23.5 Å². The van der Waals surface area contributed by atoms with Crippen molar-refractivity contribution < 1.29 is 19.1 Å². The van der Waals surface area contributed by atoms with E-state index < -0.39 is 0 Å². The lowest BCUT2D eigenvalue weighted by Gasteiger charge is -2.11. The highest BCUT2D eigenvalue weighted by Gasteiger charge is 2.07. The maximum Gasteiger partial charge on any atom is 0.251 e. The highest BCUT2D eigenvalue weighted by atomic mass is 16.5. The third-order valence-corrected chi connectivity index (χ3v) is 5.40. The number of rotatable bonds is 12. The summed E-state index contributed by atoms with van der Waals surface area (Å²) < 4.78 is 11.3. The molecule has 0 aliphatic rings. The van der Waals surface area contributed by atoms with Crippen LogP contribution in [0.5, 0.6) is 11.5 Å². The van der Waals surface area contributed by atoms with E-state index in [1.807, 2.05) is 60.7 Å². The van der Waals surface area contributed by atoms with Gasteiger partial charge in [-0.15, -0.1) is 0 Å². The number of ether oxygens (including phenoxy) is 2. The van der Waals surface area contributed by atoms with Gasteiger partial charge in [-0.2, -0.15) is 0 Å². The number of hydrogen-bond donors (Lipinski definition) is 3. The number of para-hydroxylation sites is 1. The van der Waals surface area contributed by atoms with Crippen molar-refractivity contribution in [2.75, 3.05) is 30.4 Å². The molecule has 4 aromatic rings. The van der Waals surface area contributed by atoms with Crippen LogP contribution in [0.15, 0.2) is 109 Å². The topological polar surface area (TPSA) is 88.7 Å². The van der Waals surface area contributed by atoms with Gasteiger partial charge in [0.2, 0.25) is 5.91 Å². The van der Waals surface area contributed by atoms with Gasteiger partial charge in [0.25, 0.3) is 5.91 Å². The van der Waals surface area contributed by atoms with Gasteiger partial charge in [0.05, 0.1) is 6.54 Å². The zero-order valence-electron chi connectivity index (χ0n) is 20.4. The summed E-state index contributed by atoms with van der Waals surface area (Å²) in [6.45, 7) is 1.41. The van der Waals surface area contributed by atoms with Crippen molar-refractivity contribution in [3.63, 3.8) is 0 Å². The van der Waals surface area contributed by atoms with Gasteiger partial charge in [0.1, 0.15) is 24.7 Å². The smallest absolute Gasteiger partial charge is 0.251 e. The molecule has 0 saturated heterocycles. The highest BCUT2D eigenvalue weighted by Crippen LogP contribution is 2.16. The van der Waals surface area contributed by atoms with Crippen molar-refractivity contribution in [2.24, 2.45) is 0 Å². The summed E-state index contributed by atoms with van der Waals surface area (Å²) in [7, 11) is 0. The van der Waals surface area contributed by atoms with Gasteiger partial charge in [-0.25, -0.2) is 0 Å². The normalized spacial score (nSPS) is 10.3. The Morgan fingerprint density at radius 2 is 1.19 bits per heavy atom. The second kappa shape index (κ2) is 13.3. The average Bonchev–Trinajstić information content (AvgIpc) is 2.95. The van der Waals surface area contributed by atoms with Crippen LogP contribution in [0.1, 0.15) is 15.9 Å². The Balaban J connectivity index is 1.15. The lowest BCUT2D eigenvalue weighted by Crippen LogP contribution is -2.23. The van der Waals surface area contributed by atoms with Crippen molar-refractivity contribution >= 4 is 23.2 Å². The lowest BCUT2D eigenvalue weighted by molar-refractivity contribution is -0.114. The molecule has 0 spiro atoms. The van der Waals surface area contributed by atoms with Crippen LogP contribution in [0.2, 0.25) is 0 Å². The van der Waals surface area contributed by atoms with Crippen molar-refractivity contribution in [1.29, 1.82) is 0 Å². The molecule has 0 aromatic heterocycles. The quantitative estimate of drug-likeness (QED) is 0.237. The molecule has 0 bridgehead atoms. The van der Waals surface area contributed by atoms with Gasteiger partial charge in [-0.05, 0) is 66.2 Å². The molecular weight excluding hydrogens is 466 g/mol. The summed E-state index contributed by atoms with van der Waals surface area (Å²) in [5.41, 5.74) is 3.01. The first-order valence-corrected chi connectivity index (χ1v) is 12.0. The van der Waals surface area contributed by atoms with Crippen LogP contribution in [0.4, 0.5) is 11.4 Å². The molecule has 3 N–H and O–H groups in total. The predicted octanol–water partition coefficient (Wildman–Crippen LogP) is 5.13. The third kappa shape index (κ3) is 8.43. The van der Waals surface area contributed by atoms with Crippen molar-refractivity contribution in [2.45, 2.75) is 6.54 Å². The second-order valence-corrected chi connectivity index (χ2v) is 8.18. The van der Waals surface area contributed by atoms with Crippen LogP contribution in [-0.2, 0) is 11.3 Å². The van der Waals surface area contributed by atoms with Crippen LogP contribution in [0, 0.1) is 0 Å². The van der Waals surface area contributed by atoms with E-state index in [-0.39, 0.29) is 18.4 Å². The average molecular weight is 496 g/mol. The van der Waals surface area contributed by atoms with E-state index in [2.05, 4.69) is 16.0 Å². The molecule has 0 heterocycles. The number of benzene rings is 4. The van der Waals surface area contributed by atoms with Crippen molar-refractivity contribution in [3.8, 4) is 11.5 Å². The van der Waals surface area contributed by atoms with E-state index in [0.717, 1.165) is 17.0 Å². The number of amides is 2. The summed E-state index contributed by atoms with van der Waals surface area (Å²) in [5.74, 6) is 1.16. The van der Waals surface area contributed by atoms with Crippen molar-refractivity contribution in [1.82, 2.24) is 5.32 Å². The van der Waals surface area contributed by atoms with Crippen LogP contribution in [0.25, 0.3) is 0 Å². The fraction of sp³-hybridized carbons (Fsp3) is 0.133. The molecule has 0 aliphatic carbocycles. The van der Waals surface area contributed by atoms with Gasteiger partial charge in [-0.1, -0.05) is 48.5 Å². The minimum absolute atomic E-state index is 0.0919. The van der Waals surface area contributed by atoms with Crippen LogP contribution < -0.4 is 25.4 Å². The number of anilines is 2. The minimum atomic E-state index is -0.186. The molecule has 0 radical (unpaired) electrons. The summed E-state index contributed by atoms with van der Waals surface area (Å²) in [5, 5.41) is 8.81. The van der Waals surface area contributed by atoms with E-state index in [0.29, 0.717) is 36.8 Å². The van der Waals surface area contributed by atoms with Gasteiger partial charge in [0.15, 0.2) is 0 Å². The molecule has 0 fully saturated rings. The number of hydrogen-bond acceptors (Lipinski definition) is 5. The zero-order valence-corrected chi connectivity index (χ0v) is 20.4. The Labute approximate surface area is 216 Å². The van der Waals surface area contributed by atoms with E-state index in [1.165, 1.54) is 0 Å². The largest absolute Gasteiger partial charge is 0.490 e. The first-order chi connectivity index (χ1) is 18.2. The first-order valence-electron chi connectivity index (χ1n) is 12.0. The Morgan fingerprint density at radius 1 is 0.622 bits per heavy atom. The van der Waals surface area contributed by atoms with E-state index in [4.69, 9.17) is 9.47 Å². The van der Waals surface area contributed by atoms with Crippen LogP contribution >= 0.6 is 0 Å². The predicted molar refractivity (Wildman–Crippen MR) is 145 cm³/mol. The SMILES string of the molecule is O=C(CNc1ccc(C(=O)NCc2ccccc2)cc1)Nc1ccc(OCCOc2ccccc2)cc1. The molecular formula is C30H29N3O4. The van der Waals surface area contributed by atoms with Gasteiger partial charge < -0.3 is 25.4 Å². The van der Waals surface area contributed by atoms with Crippen molar-refractivity contribution in [3.05, 3.63) is 120 Å². The maximum atomic E-state index is 12.3. The third-order valence-electron chi connectivity index (χ3n) is 5.40. The molecule has 4 rings (SSSR count). The number of carbonyl (C=O) groups excluding carboxylic acids is 2. The molecule has 0 atom stereocenters. The molecule has 0 aliphatic heterocycles. The summed E-state index contributed by atoms with van der Waals surface area (Å²) in [4.78, 5) is 24.7. The first kappa shape index (κ1) is 25.3. The van der Waals surface area contributed by atoms with Gasteiger partial charge in [-0.3, -0.25) is 9.59 Å². The summed E-state index contributed by atoms with van der Waals surface area (Å²) >= 11 is 0. The monoisotopic (exact) mass is 495 g/mol. The summed E-state index contributed by atoms with van der Waals surface area (Å²) in [6, 6.07) is 33.5. The lowest BCUT2D eigenvalue weighted by atomic mass is 10.1. The molecule has 7 heteroatoms. The fourth-order valence-electron chi connectivity index (χ4n) is 3.48. The van der Waals surface area contributed by atoms with Crippen LogP contribution in [-0.4, -0.2) is 31.6 Å². The highest BCUT2D eigenvalue weighted by molar-refractivity contribution is 5.95. The van der Waals surface area contributed by atoms with Gasteiger partial charge >= 0.3 is 0 Å². The summed E-state index contributed by atoms with van der Waals surface area (Å²) in [6.07, 6.45) is 0. The Hall–Kier alpha value is -4.78. The van der Waals surface area contributed by atoms with Crippen LogP contribution in [0.3, 0.4) is 0 Å². The molecule has 188 valence electrons. The maximum absolute atomic E-state index is 12.3. The van der Waals surface area contributed by atoms with E-state index in [9.17, 15) is 9.59 Å². The number of carbonyl (C=O) groups is 2. The molecule has 0 saturated carbocycles. The van der Waals surface area contributed by atoms with E-state index in [1.54, 1.807) is 48.5 Å². The fourth-order valence-corrected chi connectivity index (χ4v) is 3.48. The molecule has 0 unspecified atom stereocenters. The Kier molecular flexibility index (Phi) is 9.13. The Morgan fingerprint density at radius 3 is 1.84 bits per heavy atom. The van der Waals surface area contributed by atoms with E-state index >= 15 is 0 Å².